The topological polar surface area (TPSA) is 58.2 Å². The number of carbonyl (C=O) groups excluding carboxylic acids is 1. The molecule has 1 aliphatic heterocycles. The Balaban J connectivity index is 1.43. The van der Waals surface area contributed by atoms with Gasteiger partial charge in [0.2, 0.25) is 0 Å². The number of rotatable bonds is 4. The van der Waals surface area contributed by atoms with Crippen molar-refractivity contribution in [1.82, 2.24) is 14.9 Å². The van der Waals surface area contributed by atoms with Gasteiger partial charge < -0.3 is 14.6 Å². The van der Waals surface area contributed by atoms with Gasteiger partial charge in [0.1, 0.15) is 5.60 Å². The summed E-state index contributed by atoms with van der Waals surface area (Å²) in [6.45, 7) is 14.0. The maximum absolute atomic E-state index is 12.5. The van der Waals surface area contributed by atoms with Crippen LogP contribution in [0.3, 0.4) is 0 Å². The van der Waals surface area contributed by atoms with Gasteiger partial charge in [0.25, 0.3) is 0 Å². The highest BCUT2D eigenvalue weighted by molar-refractivity contribution is 5.92. The van der Waals surface area contributed by atoms with Gasteiger partial charge in [0.05, 0.1) is 5.69 Å². The molecule has 0 radical (unpaired) electrons. The Morgan fingerprint density at radius 3 is 2.43 bits per heavy atom. The molecule has 2 fully saturated rings. The molecule has 2 aliphatic rings. The lowest BCUT2D eigenvalue weighted by atomic mass is 9.87. The number of benzene rings is 1. The van der Waals surface area contributed by atoms with Gasteiger partial charge in [-0.05, 0) is 100 Å². The summed E-state index contributed by atoms with van der Waals surface area (Å²) >= 11 is 0. The molecule has 1 saturated carbocycles. The van der Waals surface area contributed by atoms with Crippen molar-refractivity contribution < 1.29 is 9.53 Å². The Kier molecular flexibility index (Phi) is 6.14. The van der Waals surface area contributed by atoms with E-state index in [0.717, 1.165) is 25.9 Å². The van der Waals surface area contributed by atoms with Crippen LogP contribution in [0.15, 0.2) is 30.5 Å². The molecule has 5 nitrogen and oxygen atoms in total. The number of aromatic nitrogens is 2. The van der Waals surface area contributed by atoms with Crippen LogP contribution in [0.5, 0.6) is 0 Å². The van der Waals surface area contributed by atoms with Crippen molar-refractivity contribution >= 4 is 17.0 Å². The smallest absolute Gasteiger partial charge is 0.410 e. The predicted molar refractivity (Wildman–Crippen MR) is 142 cm³/mol. The number of nitrogens with one attached hydrogen (secondary N) is 1. The second-order valence-electron chi connectivity index (χ2n) is 11.8. The number of nitrogens with zero attached hydrogens (tertiary/aromatic N) is 2. The van der Waals surface area contributed by atoms with E-state index in [0.29, 0.717) is 17.8 Å². The van der Waals surface area contributed by atoms with Gasteiger partial charge in [0.15, 0.2) is 0 Å². The number of carbonyl (C=O) groups is 1. The van der Waals surface area contributed by atoms with Crippen LogP contribution in [-0.2, 0) is 4.74 Å². The lowest BCUT2D eigenvalue weighted by Gasteiger charge is -2.33. The first-order valence-corrected chi connectivity index (χ1v) is 13.2. The minimum atomic E-state index is -0.454. The lowest BCUT2D eigenvalue weighted by molar-refractivity contribution is 0.0205. The van der Waals surface area contributed by atoms with E-state index in [-0.39, 0.29) is 6.09 Å². The molecule has 1 amide bonds. The lowest BCUT2D eigenvalue weighted by Crippen LogP contribution is -2.41. The molecule has 35 heavy (non-hydrogen) atoms. The number of pyridine rings is 1. The molecule has 5 rings (SSSR count). The van der Waals surface area contributed by atoms with Crippen molar-refractivity contribution in [3.8, 4) is 11.3 Å². The predicted octanol–water partition coefficient (Wildman–Crippen LogP) is 7.65. The Bertz CT molecular complexity index is 1240. The van der Waals surface area contributed by atoms with Gasteiger partial charge in [-0.15, -0.1) is 0 Å². The number of hydrogen-bond donors (Lipinski definition) is 1. The van der Waals surface area contributed by atoms with Crippen LogP contribution in [0.25, 0.3) is 22.2 Å². The first kappa shape index (κ1) is 23.9. The fraction of sp³-hybridized carbons (Fsp3) is 0.533. The highest BCUT2D eigenvalue weighted by Gasteiger charge is 2.29. The molecule has 3 heterocycles. The van der Waals surface area contributed by atoms with E-state index < -0.39 is 5.60 Å². The zero-order valence-corrected chi connectivity index (χ0v) is 22.1. The van der Waals surface area contributed by atoms with Crippen LogP contribution < -0.4 is 0 Å². The zero-order valence-electron chi connectivity index (χ0n) is 22.1. The van der Waals surface area contributed by atoms with E-state index in [9.17, 15) is 4.79 Å². The minimum absolute atomic E-state index is 0.193. The first-order valence-electron chi connectivity index (χ1n) is 13.2. The summed E-state index contributed by atoms with van der Waals surface area (Å²) in [7, 11) is 0. The molecular formula is C30H39N3O2. The van der Waals surface area contributed by atoms with Crippen LogP contribution >= 0.6 is 0 Å². The van der Waals surface area contributed by atoms with Crippen LogP contribution in [0.2, 0.25) is 0 Å². The summed E-state index contributed by atoms with van der Waals surface area (Å²) in [4.78, 5) is 22.8. The van der Waals surface area contributed by atoms with Crippen molar-refractivity contribution in [1.29, 1.82) is 0 Å². The van der Waals surface area contributed by atoms with Crippen LogP contribution in [-0.4, -0.2) is 39.7 Å². The number of H-pyrrole nitrogens is 1. The molecule has 186 valence electrons. The molecule has 2 aromatic heterocycles. The summed E-state index contributed by atoms with van der Waals surface area (Å²) in [5.74, 6) is 1.50. The second kappa shape index (κ2) is 9.00. The minimum Gasteiger partial charge on any atom is -0.444 e. The number of hydrogen-bond acceptors (Lipinski definition) is 3. The molecule has 1 N–H and O–H groups in total. The Labute approximate surface area is 209 Å². The molecule has 0 spiro atoms. The fourth-order valence-corrected chi connectivity index (χ4v) is 5.43. The SMILES string of the molecule is Cc1cnc(C2CC2)cc1-c1[nH]c2ccc(C3CCN(C(=O)OC(C)(C)C)CC3)cc2c1C(C)C. The van der Waals surface area contributed by atoms with Crippen molar-refractivity contribution in [2.45, 2.75) is 90.6 Å². The van der Waals surface area contributed by atoms with E-state index in [1.54, 1.807) is 0 Å². The van der Waals surface area contributed by atoms with E-state index in [4.69, 9.17) is 9.72 Å². The average molecular weight is 474 g/mol. The third-order valence-corrected chi connectivity index (χ3v) is 7.45. The van der Waals surface area contributed by atoms with Gasteiger partial charge in [-0.1, -0.05) is 19.9 Å². The number of aromatic amines is 1. The summed E-state index contributed by atoms with van der Waals surface area (Å²) in [5, 5.41) is 1.33. The standard InChI is InChI=1S/C30H39N3O2/c1-18(2)27-24-15-22(20-11-13-33(14-12-20)29(34)35-30(4,5)6)9-10-25(24)32-28(27)23-16-26(21-7-8-21)31-17-19(23)3/h9-10,15-18,20-21,32H,7-8,11-14H2,1-6H3. The van der Waals surface area contributed by atoms with Gasteiger partial charge in [-0.2, -0.15) is 0 Å². The first-order chi connectivity index (χ1) is 16.6. The van der Waals surface area contributed by atoms with Gasteiger partial charge in [-0.3, -0.25) is 4.98 Å². The maximum Gasteiger partial charge on any atom is 0.410 e. The van der Waals surface area contributed by atoms with Crippen molar-refractivity contribution in [2.75, 3.05) is 13.1 Å². The van der Waals surface area contributed by atoms with Crippen LogP contribution in [0, 0.1) is 6.92 Å². The largest absolute Gasteiger partial charge is 0.444 e. The summed E-state index contributed by atoms with van der Waals surface area (Å²) < 4.78 is 5.58. The number of fused-ring (bicyclic) bond motifs is 1. The number of aryl methyl sites for hydroxylation is 1. The van der Waals surface area contributed by atoms with Crippen LogP contribution in [0.4, 0.5) is 4.79 Å². The van der Waals surface area contributed by atoms with E-state index in [2.05, 4.69) is 50.0 Å². The third kappa shape index (κ3) is 4.96. The summed E-state index contributed by atoms with van der Waals surface area (Å²) in [6.07, 6.45) is 6.30. The van der Waals surface area contributed by atoms with Crippen molar-refractivity contribution in [3.05, 3.63) is 52.8 Å². The Morgan fingerprint density at radius 2 is 1.80 bits per heavy atom. The quantitative estimate of drug-likeness (QED) is 0.423. The summed E-state index contributed by atoms with van der Waals surface area (Å²) in [6, 6.07) is 9.24. The van der Waals surface area contributed by atoms with E-state index in [1.807, 2.05) is 31.9 Å². The monoisotopic (exact) mass is 473 g/mol. The molecule has 5 heteroatoms. The Hall–Kier alpha value is -2.82. The molecule has 1 aromatic carbocycles. The molecule has 3 aromatic rings. The Morgan fingerprint density at radius 1 is 1.09 bits per heavy atom. The van der Waals surface area contributed by atoms with Gasteiger partial charge in [-0.25, -0.2) is 4.79 Å². The molecule has 0 unspecified atom stereocenters. The normalized spacial score (nSPS) is 17.4. The van der Waals surface area contributed by atoms with Crippen molar-refractivity contribution in [2.24, 2.45) is 0 Å². The molecule has 1 saturated heterocycles. The highest BCUT2D eigenvalue weighted by atomic mass is 16.6. The van der Waals surface area contributed by atoms with Gasteiger partial charge in [0, 0.05) is 47.4 Å². The van der Waals surface area contributed by atoms with E-state index in [1.165, 1.54) is 57.4 Å². The molecule has 0 atom stereocenters. The number of likely N-dealkylation sites (tertiary alicyclic amines) is 1. The number of ether oxygens (including phenoxy) is 1. The van der Waals surface area contributed by atoms with Crippen LogP contribution in [0.1, 0.15) is 100 Å². The number of amides is 1. The zero-order chi connectivity index (χ0) is 24.9. The fourth-order valence-electron chi connectivity index (χ4n) is 5.43. The highest BCUT2D eigenvalue weighted by Crippen LogP contribution is 2.43. The maximum atomic E-state index is 12.5. The molecule has 0 bridgehead atoms. The van der Waals surface area contributed by atoms with Gasteiger partial charge >= 0.3 is 6.09 Å². The van der Waals surface area contributed by atoms with E-state index >= 15 is 0 Å². The molecular weight excluding hydrogens is 434 g/mol. The second-order valence-corrected chi connectivity index (χ2v) is 11.8. The summed E-state index contributed by atoms with van der Waals surface area (Å²) in [5.41, 5.74) is 8.49. The third-order valence-electron chi connectivity index (χ3n) is 7.45. The van der Waals surface area contributed by atoms with Crippen molar-refractivity contribution in [3.63, 3.8) is 0 Å². The average Bonchev–Trinajstić information content (AvgIpc) is 3.57. The number of piperidine rings is 1. The molecule has 1 aliphatic carbocycles.